The van der Waals surface area contributed by atoms with E-state index in [2.05, 4.69) is 10.6 Å². The topological polar surface area (TPSA) is 75.3 Å². The third-order valence-corrected chi connectivity index (χ3v) is 4.45. The van der Waals surface area contributed by atoms with E-state index < -0.39 is 0 Å². The molecule has 2 amide bonds. The Hall–Kier alpha value is -3.73. The summed E-state index contributed by atoms with van der Waals surface area (Å²) in [5.74, 6) is -0.362. The first-order valence-corrected chi connectivity index (χ1v) is 9.39. The van der Waals surface area contributed by atoms with Crippen molar-refractivity contribution in [3.05, 3.63) is 83.9 Å². The average Bonchev–Trinajstić information content (AvgIpc) is 2.74. The van der Waals surface area contributed by atoms with E-state index in [4.69, 9.17) is 0 Å². The largest absolute Gasteiger partial charge is 0.326 e. The Morgan fingerprint density at radius 1 is 0.724 bits per heavy atom. The number of rotatable bonds is 6. The number of amides is 2. The molecular formula is C24H22N2O3. The lowest BCUT2D eigenvalue weighted by Gasteiger charge is -2.09. The van der Waals surface area contributed by atoms with E-state index in [9.17, 15) is 14.4 Å². The van der Waals surface area contributed by atoms with Crippen molar-refractivity contribution in [1.29, 1.82) is 0 Å². The fraction of sp³-hybridized carbons (Fsp3) is 0.125. The number of anilines is 2. The van der Waals surface area contributed by atoms with E-state index in [0.717, 1.165) is 16.8 Å². The molecule has 0 heterocycles. The highest BCUT2D eigenvalue weighted by molar-refractivity contribution is 6.06. The van der Waals surface area contributed by atoms with Crippen LogP contribution in [0.5, 0.6) is 0 Å². The highest BCUT2D eigenvalue weighted by atomic mass is 16.2. The van der Waals surface area contributed by atoms with Crippen molar-refractivity contribution in [3.63, 3.8) is 0 Å². The molecule has 0 unspecified atom stereocenters. The number of ketones is 1. The monoisotopic (exact) mass is 386 g/mol. The van der Waals surface area contributed by atoms with Gasteiger partial charge in [0.15, 0.2) is 5.78 Å². The fourth-order valence-electron chi connectivity index (χ4n) is 2.94. The molecule has 5 heteroatoms. The lowest BCUT2D eigenvalue weighted by molar-refractivity contribution is -0.114. The maximum Gasteiger partial charge on any atom is 0.255 e. The van der Waals surface area contributed by atoms with Crippen molar-refractivity contribution in [2.45, 2.75) is 20.3 Å². The molecule has 0 saturated heterocycles. The molecule has 146 valence electrons. The number of hydrogen-bond acceptors (Lipinski definition) is 3. The predicted molar refractivity (Wildman–Crippen MR) is 115 cm³/mol. The minimum absolute atomic E-state index is 0.00789. The van der Waals surface area contributed by atoms with Crippen LogP contribution in [-0.4, -0.2) is 17.6 Å². The molecule has 0 radical (unpaired) electrons. The van der Waals surface area contributed by atoms with Crippen LogP contribution in [-0.2, 0) is 4.79 Å². The zero-order valence-electron chi connectivity index (χ0n) is 16.4. The number of carbonyl (C=O) groups excluding carboxylic acids is 3. The van der Waals surface area contributed by atoms with Gasteiger partial charge in [0.1, 0.15) is 0 Å². The van der Waals surface area contributed by atoms with Crippen LogP contribution in [0.3, 0.4) is 0 Å². The summed E-state index contributed by atoms with van der Waals surface area (Å²) in [5.41, 5.74) is 4.39. The van der Waals surface area contributed by atoms with E-state index in [1.54, 1.807) is 31.2 Å². The molecule has 0 aliphatic rings. The molecule has 0 fully saturated rings. The average molecular weight is 386 g/mol. The summed E-state index contributed by atoms with van der Waals surface area (Å²) < 4.78 is 0. The molecule has 0 aliphatic heterocycles. The molecular weight excluding hydrogens is 364 g/mol. The van der Waals surface area contributed by atoms with Gasteiger partial charge in [0, 0.05) is 35.8 Å². The zero-order chi connectivity index (χ0) is 20.8. The number of hydrogen-bond donors (Lipinski definition) is 2. The minimum atomic E-state index is -0.261. The van der Waals surface area contributed by atoms with Crippen LogP contribution in [0.2, 0.25) is 0 Å². The zero-order valence-corrected chi connectivity index (χ0v) is 16.4. The van der Waals surface area contributed by atoms with Crippen LogP contribution in [0.25, 0.3) is 11.1 Å². The minimum Gasteiger partial charge on any atom is -0.326 e. The van der Waals surface area contributed by atoms with Crippen molar-refractivity contribution in [2.24, 2.45) is 0 Å². The van der Waals surface area contributed by atoms with E-state index in [-0.39, 0.29) is 17.6 Å². The Morgan fingerprint density at radius 2 is 1.24 bits per heavy atom. The molecule has 2 N–H and O–H groups in total. The molecule has 3 aromatic carbocycles. The molecule has 3 rings (SSSR count). The summed E-state index contributed by atoms with van der Waals surface area (Å²) in [7, 11) is 0. The van der Waals surface area contributed by atoms with Crippen LogP contribution in [0.4, 0.5) is 11.4 Å². The molecule has 29 heavy (non-hydrogen) atoms. The Kier molecular flexibility index (Phi) is 6.19. The summed E-state index contributed by atoms with van der Waals surface area (Å²) in [6.45, 7) is 3.27. The van der Waals surface area contributed by atoms with Crippen molar-refractivity contribution in [3.8, 4) is 11.1 Å². The number of carbonyl (C=O) groups is 3. The second kappa shape index (κ2) is 8.97. The third-order valence-electron chi connectivity index (χ3n) is 4.45. The molecule has 0 saturated carbocycles. The number of nitrogens with one attached hydrogen (secondary N) is 2. The van der Waals surface area contributed by atoms with Crippen molar-refractivity contribution < 1.29 is 14.4 Å². The summed E-state index contributed by atoms with van der Waals surface area (Å²) >= 11 is 0. The van der Waals surface area contributed by atoms with Gasteiger partial charge in [0.05, 0.1) is 0 Å². The Morgan fingerprint density at radius 3 is 1.76 bits per heavy atom. The van der Waals surface area contributed by atoms with E-state index in [0.29, 0.717) is 23.2 Å². The van der Waals surface area contributed by atoms with Gasteiger partial charge in [-0.25, -0.2) is 0 Å². The Labute approximate surface area is 169 Å². The summed E-state index contributed by atoms with van der Waals surface area (Å²) in [6.07, 6.45) is 0.401. The quantitative estimate of drug-likeness (QED) is 0.575. The van der Waals surface area contributed by atoms with Gasteiger partial charge in [-0.2, -0.15) is 0 Å². The summed E-state index contributed by atoms with van der Waals surface area (Å²) in [6, 6.07) is 21.8. The van der Waals surface area contributed by atoms with Crippen molar-refractivity contribution >= 4 is 29.0 Å². The van der Waals surface area contributed by atoms with E-state index >= 15 is 0 Å². The number of Topliss-reactive ketones (excluding diaryl/α,β-unsaturated/α-hetero) is 1. The first-order chi connectivity index (χ1) is 14.0. The normalized spacial score (nSPS) is 10.3. The van der Waals surface area contributed by atoms with Crippen LogP contribution < -0.4 is 10.6 Å². The Balaban J connectivity index is 1.70. The lowest BCUT2D eigenvalue weighted by Crippen LogP contribution is -2.12. The standard InChI is InChI=1S/C24H22N2O3/c1-3-23(28)19-5-4-6-20(15-19)24(29)26-22-13-9-18(10-14-22)17-7-11-21(12-8-17)25-16(2)27/h4-15H,3H2,1-2H3,(H,25,27)(H,26,29). The van der Waals surface area contributed by atoms with E-state index in [1.807, 2.05) is 48.5 Å². The van der Waals surface area contributed by atoms with Gasteiger partial charge in [-0.05, 0) is 47.5 Å². The second-order valence-electron chi connectivity index (χ2n) is 6.65. The molecule has 0 atom stereocenters. The smallest absolute Gasteiger partial charge is 0.255 e. The fourth-order valence-corrected chi connectivity index (χ4v) is 2.94. The van der Waals surface area contributed by atoms with Crippen LogP contribution in [0, 0.1) is 0 Å². The molecule has 0 aliphatic carbocycles. The molecule has 0 spiro atoms. The van der Waals surface area contributed by atoms with Gasteiger partial charge in [0.25, 0.3) is 5.91 Å². The summed E-state index contributed by atoms with van der Waals surface area (Å²) in [4.78, 5) is 35.4. The summed E-state index contributed by atoms with van der Waals surface area (Å²) in [5, 5.41) is 5.59. The van der Waals surface area contributed by atoms with Crippen LogP contribution in [0.1, 0.15) is 41.0 Å². The molecule has 0 bridgehead atoms. The van der Waals surface area contributed by atoms with Crippen molar-refractivity contribution in [2.75, 3.05) is 10.6 Å². The molecule has 0 aromatic heterocycles. The lowest BCUT2D eigenvalue weighted by atomic mass is 10.0. The molecule has 5 nitrogen and oxygen atoms in total. The highest BCUT2D eigenvalue weighted by Gasteiger charge is 2.10. The second-order valence-corrected chi connectivity index (χ2v) is 6.65. The van der Waals surface area contributed by atoms with Crippen LogP contribution >= 0.6 is 0 Å². The van der Waals surface area contributed by atoms with Gasteiger partial charge in [-0.1, -0.05) is 43.3 Å². The maximum absolute atomic E-state index is 12.5. The van der Waals surface area contributed by atoms with Gasteiger partial charge < -0.3 is 10.6 Å². The van der Waals surface area contributed by atoms with Gasteiger partial charge >= 0.3 is 0 Å². The van der Waals surface area contributed by atoms with Crippen LogP contribution in [0.15, 0.2) is 72.8 Å². The van der Waals surface area contributed by atoms with Gasteiger partial charge in [0.2, 0.25) is 5.91 Å². The SMILES string of the molecule is CCC(=O)c1cccc(C(=O)Nc2ccc(-c3ccc(NC(C)=O)cc3)cc2)c1. The van der Waals surface area contributed by atoms with E-state index in [1.165, 1.54) is 6.92 Å². The van der Waals surface area contributed by atoms with Crippen molar-refractivity contribution in [1.82, 2.24) is 0 Å². The first kappa shape index (κ1) is 20.0. The third kappa shape index (κ3) is 5.17. The maximum atomic E-state index is 12.5. The first-order valence-electron chi connectivity index (χ1n) is 9.39. The van der Waals surface area contributed by atoms with Gasteiger partial charge in [-0.15, -0.1) is 0 Å². The predicted octanol–water partition coefficient (Wildman–Crippen LogP) is 5.16. The molecule has 3 aromatic rings. The van der Waals surface area contributed by atoms with Gasteiger partial charge in [-0.3, -0.25) is 14.4 Å². The Bertz CT molecular complexity index is 1040. The highest BCUT2D eigenvalue weighted by Crippen LogP contribution is 2.23. The number of benzene rings is 3.